The molecule has 0 radical (unpaired) electrons. The minimum absolute atomic E-state index is 0.166. The van der Waals surface area contributed by atoms with Gasteiger partial charge in [0, 0.05) is 21.8 Å². The number of hydrogen-bond acceptors (Lipinski definition) is 0. The minimum atomic E-state index is 0.166. The number of rotatable bonds is 0. The van der Waals surface area contributed by atoms with Crippen LogP contribution in [0.2, 0.25) is 0 Å². The average Bonchev–Trinajstić information content (AvgIpc) is 3.45. The fourth-order valence-electron chi connectivity index (χ4n) is 10.3. The normalized spacial score (nSPS) is 30.2. The van der Waals surface area contributed by atoms with Crippen molar-refractivity contribution in [3.05, 3.63) is 101 Å². The first-order chi connectivity index (χ1) is 17.8. The van der Waals surface area contributed by atoms with E-state index in [1.54, 1.807) is 11.1 Å². The zero-order valence-electron chi connectivity index (χ0n) is 20.5. The van der Waals surface area contributed by atoms with E-state index in [9.17, 15) is 0 Å². The number of fused-ring (bicyclic) bond motifs is 9. The predicted molar refractivity (Wildman–Crippen MR) is 147 cm³/mol. The Morgan fingerprint density at radius 2 is 1.36 bits per heavy atom. The summed E-state index contributed by atoms with van der Waals surface area (Å²) in [4.78, 5) is 0. The zero-order chi connectivity index (χ0) is 23.2. The standard InChI is InChI=1S/C35H29N/c1-2-7-26-22(6-1)19-23-12-13-30-34(32(23)26)36-31-11-4-3-8-27(31)28-9-5-10-29(33(28)36)35(30)24-15-20-14-21(17-24)18-25(35)16-20/h1-13,20-21,24-25H,14-19H2. The molecule has 4 saturated carbocycles. The van der Waals surface area contributed by atoms with Crippen LogP contribution in [0.1, 0.15) is 54.4 Å². The highest BCUT2D eigenvalue weighted by Gasteiger charge is 2.61. The first kappa shape index (κ1) is 18.9. The van der Waals surface area contributed by atoms with Crippen molar-refractivity contribution in [2.24, 2.45) is 23.7 Å². The summed E-state index contributed by atoms with van der Waals surface area (Å²) >= 11 is 0. The van der Waals surface area contributed by atoms with E-state index >= 15 is 0 Å². The number of nitrogens with zero attached hydrogens (tertiary/aromatic N) is 1. The van der Waals surface area contributed by atoms with Crippen molar-refractivity contribution in [1.29, 1.82) is 0 Å². The van der Waals surface area contributed by atoms with Gasteiger partial charge in [-0.1, -0.05) is 72.8 Å². The molecule has 6 aliphatic rings. The van der Waals surface area contributed by atoms with E-state index in [4.69, 9.17) is 0 Å². The topological polar surface area (TPSA) is 4.93 Å². The lowest BCUT2D eigenvalue weighted by molar-refractivity contribution is -0.0418. The second-order valence-corrected chi connectivity index (χ2v) is 12.6. The van der Waals surface area contributed by atoms with Gasteiger partial charge in [0.1, 0.15) is 0 Å². The van der Waals surface area contributed by atoms with Crippen LogP contribution < -0.4 is 0 Å². The average molecular weight is 464 g/mol. The van der Waals surface area contributed by atoms with Crippen LogP contribution in [-0.4, -0.2) is 4.57 Å². The van der Waals surface area contributed by atoms with Crippen LogP contribution in [0.25, 0.3) is 38.6 Å². The van der Waals surface area contributed by atoms with Gasteiger partial charge in [0.25, 0.3) is 0 Å². The molecule has 11 rings (SSSR count). The molecular weight excluding hydrogens is 434 g/mol. The summed E-state index contributed by atoms with van der Waals surface area (Å²) in [6.07, 6.45) is 8.27. The molecule has 2 heterocycles. The van der Waals surface area contributed by atoms with E-state index < -0.39 is 0 Å². The van der Waals surface area contributed by atoms with Gasteiger partial charge >= 0.3 is 0 Å². The van der Waals surface area contributed by atoms with Crippen molar-refractivity contribution in [2.75, 3.05) is 0 Å². The molecule has 0 atom stereocenters. The first-order valence-electron chi connectivity index (χ1n) is 14.1. The van der Waals surface area contributed by atoms with Gasteiger partial charge < -0.3 is 4.57 Å². The molecule has 5 aromatic rings. The molecule has 0 unspecified atom stereocenters. The fraction of sp³-hybridized carbons (Fsp3) is 0.314. The Bertz CT molecular complexity index is 1750. The highest BCUT2D eigenvalue weighted by atomic mass is 15.0. The summed E-state index contributed by atoms with van der Waals surface area (Å²) in [5.74, 6) is 3.48. The summed E-state index contributed by atoms with van der Waals surface area (Å²) in [6.45, 7) is 0. The molecule has 1 aliphatic heterocycles. The van der Waals surface area contributed by atoms with Crippen LogP contribution in [0.4, 0.5) is 0 Å². The predicted octanol–water partition coefficient (Wildman–Crippen LogP) is 8.41. The molecule has 4 fully saturated rings. The van der Waals surface area contributed by atoms with Gasteiger partial charge in [0.15, 0.2) is 0 Å². The molecule has 1 heteroatoms. The Kier molecular flexibility index (Phi) is 3.22. The second-order valence-electron chi connectivity index (χ2n) is 12.6. The van der Waals surface area contributed by atoms with Crippen molar-refractivity contribution in [1.82, 2.24) is 4.57 Å². The Balaban J connectivity index is 1.44. The molecule has 5 aliphatic carbocycles. The lowest BCUT2D eigenvalue weighted by Gasteiger charge is -2.63. The molecule has 4 aromatic carbocycles. The van der Waals surface area contributed by atoms with E-state index in [1.807, 2.05) is 0 Å². The van der Waals surface area contributed by atoms with Gasteiger partial charge in [0.05, 0.1) is 16.7 Å². The molecular formula is C35H29N. The quantitative estimate of drug-likeness (QED) is 0.213. The van der Waals surface area contributed by atoms with Gasteiger partial charge in [-0.05, 0) is 96.1 Å². The summed E-state index contributed by atoms with van der Waals surface area (Å²) in [6, 6.07) is 30.8. The maximum absolute atomic E-state index is 2.70. The fourth-order valence-corrected chi connectivity index (χ4v) is 10.3. The third-order valence-corrected chi connectivity index (χ3v) is 11.2. The van der Waals surface area contributed by atoms with Gasteiger partial charge in [-0.25, -0.2) is 0 Å². The van der Waals surface area contributed by atoms with E-state index in [-0.39, 0.29) is 5.41 Å². The van der Waals surface area contributed by atoms with Crippen molar-refractivity contribution in [2.45, 2.75) is 43.9 Å². The van der Waals surface area contributed by atoms with E-state index in [0.29, 0.717) is 0 Å². The van der Waals surface area contributed by atoms with Gasteiger partial charge in [-0.3, -0.25) is 0 Å². The van der Waals surface area contributed by atoms with Gasteiger partial charge in [0.2, 0.25) is 0 Å². The number of hydrogen-bond donors (Lipinski definition) is 0. The lowest BCUT2D eigenvalue weighted by Crippen LogP contribution is -2.57. The van der Waals surface area contributed by atoms with E-state index in [1.165, 1.54) is 81.9 Å². The van der Waals surface area contributed by atoms with Crippen LogP contribution in [0.15, 0.2) is 78.9 Å². The number of para-hydroxylation sites is 2. The third kappa shape index (κ3) is 1.95. The molecule has 4 bridgehead atoms. The zero-order valence-corrected chi connectivity index (χ0v) is 20.5. The SMILES string of the molecule is c1ccc2c(c1)Cc1ccc3c(c1-2)-n1c2ccccc2c2cccc(c21)C31C2CC3CC(C2)CC1C3. The van der Waals surface area contributed by atoms with Crippen molar-refractivity contribution in [3.8, 4) is 16.8 Å². The third-order valence-electron chi connectivity index (χ3n) is 11.2. The van der Waals surface area contributed by atoms with Crippen molar-refractivity contribution >= 4 is 21.8 Å². The molecule has 1 nitrogen and oxygen atoms in total. The molecule has 0 N–H and O–H groups in total. The van der Waals surface area contributed by atoms with Crippen LogP contribution >= 0.6 is 0 Å². The van der Waals surface area contributed by atoms with Crippen LogP contribution in [-0.2, 0) is 11.8 Å². The molecule has 1 aromatic heterocycles. The Morgan fingerprint density at radius 1 is 0.611 bits per heavy atom. The number of aromatic nitrogens is 1. The van der Waals surface area contributed by atoms with Crippen LogP contribution in [0.5, 0.6) is 0 Å². The maximum atomic E-state index is 2.70. The number of benzene rings is 4. The van der Waals surface area contributed by atoms with Crippen LogP contribution in [0.3, 0.4) is 0 Å². The largest absolute Gasteiger partial charge is 0.308 e. The second kappa shape index (κ2) is 6.14. The molecule has 0 saturated heterocycles. The summed E-state index contributed by atoms with van der Waals surface area (Å²) in [7, 11) is 0. The lowest BCUT2D eigenvalue weighted by atomic mass is 9.41. The highest BCUT2D eigenvalue weighted by Crippen LogP contribution is 2.68. The Hall–Kier alpha value is -3.32. The molecule has 1 spiro atoms. The van der Waals surface area contributed by atoms with E-state index in [0.717, 1.165) is 30.1 Å². The molecule has 0 amide bonds. The van der Waals surface area contributed by atoms with Crippen LogP contribution in [0, 0.1) is 23.7 Å². The smallest absolute Gasteiger partial charge is 0.0584 e. The van der Waals surface area contributed by atoms with Gasteiger partial charge in [-0.15, -0.1) is 0 Å². The molecule has 174 valence electrons. The maximum Gasteiger partial charge on any atom is 0.0584 e. The Labute approximate surface area is 211 Å². The molecule has 36 heavy (non-hydrogen) atoms. The summed E-state index contributed by atoms with van der Waals surface area (Å²) in [5.41, 5.74) is 13.9. The highest BCUT2D eigenvalue weighted by molar-refractivity contribution is 6.12. The van der Waals surface area contributed by atoms with E-state index in [2.05, 4.69) is 83.4 Å². The van der Waals surface area contributed by atoms with Crippen molar-refractivity contribution in [3.63, 3.8) is 0 Å². The summed E-state index contributed by atoms with van der Waals surface area (Å²) in [5, 5.41) is 2.86. The van der Waals surface area contributed by atoms with Gasteiger partial charge in [-0.2, -0.15) is 0 Å². The first-order valence-corrected chi connectivity index (χ1v) is 14.1. The summed E-state index contributed by atoms with van der Waals surface area (Å²) < 4.78 is 2.70. The minimum Gasteiger partial charge on any atom is -0.308 e. The van der Waals surface area contributed by atoms with Crippen molar-refractivity contribution < 1.29 is 0 Å². The monoisotopic (exact) mass is 463 g/mol. The Morgan fingerprint density at radius 3 is 2.22 bits per heavy atom.